The number of primary amides is 1. The second kappa shape index (κ2) is 17.5. The first-order chi connectivity index (χ1) is 27.4. The van der Waals surface area contributed by atoms with Crippen LogP contribution in [0.25, 0.3) is 0 Å². The van der Waals surface area contributed by atoms with Crippen molar-refractivity contribution in [3.05, 3.63) is 122 Å². The lowest BCUT2D eigenvalue weighted by atomic mass is 9.86. The second-order valence-corrected chi connectivity index (χ2v) is 15.3. The minimum absolute atomic E-state index is 0.00250. The van der Waals surface area contributed by atoms with E-state index in [2.05, 4.69) is 10.2 Å². The Hall–Kier alpha value is -5.18. The van der Waals surface area contributed by atoms with Gasteiger partial charge in [0.15, 0.2) is 29.9 Å². The van der Waals surface area contributed by atoms with Crippen LogP contribution in [0.3, 0.4) is 0 Å². The predicted octanol–water partition coefficient (Wildman–Crippen LogP) is 7.05. The van der Waals surface area contributed by atoms with Gasteiger partial charge in [0.1, 0.15) is 22.3 Å². The average Bonchev–Trinajstić information content (AvgIpc) is 4.02. The average molecular weight is 826 g/mol. The van der Waals surface area contributed by atoms with Crippen LogP contribution >= 0.6 is 23.2 Å². The summed E-state index contributed by atoms with van der Waals surface area (Å²) in [7, 11) is 0. The van der Waals surface area contributed by atoms with Crippen molar-refractivity contribution in [3.8, 4) is 11.5 Å². The molecule has 2 bridgehead atoms. The molecule has 3 atom stereocenters. The number of benzene rings is 3. The third-order valence-corrected chi connectivity index (χ3v) is 11.1. The summed E-state index contributed by atoms with van der Waals surface area (Å²) in [5, 5.41) is 15.2. The van der Waals surface area contributed by atoms with Crippen molar-refractivity contribution in [2.45, 2.75) is 57.0 Å². The third kappa shape index (κ3) is 10.0. The van der Waals surface area contributed by atoms with Gasteiger partial charge in [0, 0.05) is 29.8 Å². The molecule has 4 heterocycles. The topological polar surface area (TPSA) is 156 Å². The molecule has 4 fully saturated rings. The van der Waals surface area contributed by atoms with Gasteiger partial charge in [-0.15, -0.1) is 0 Å². The van der Waals surface area contributed by atoms with Gasteiger partial charge in [-0.3, -0.25) is 9.69 Å². The molecule has 8 rings (SSSR count). The Bertz CT molecular complexity index is 2090. The van der Waals surface area contributed by atoms with E-state index in [-0.39, 0.29) is 74.9 Å². The summed E-state index contributed by atoms with van der Waals surface area (Å²) in [6, 6.07) is 16.1. The number of ether oxygens (including phenoxy) is 4. The number of hydrogen-bond acceptors (Lipinski definition) is 10. The number of alkyl halides is 2. The third-order valence-electron chi connectivity index (χ3n) is 10.4. The van der Waals surface area contributed by atoms with Gasteiger partial charge in [0.25, 0.3) is 0 Å². The molecule has 2 unspecified atom stereocenters. The first kappa shape index (κ1) is 40.0. The number of carbonyl (C=O) groups excluding carboxylic acids is 3. The van der Waals surface area contributed by atoms with E-state index < -0.39 is 36.6 Å². The van der Waals surface area contributed by atoms with Gasteiger partial charge in [0.05, 0.1) is 12.2 Å². The fourth-order valence-electron chi connectivity index (χ4n) is 7.18. The molecular weight excluding hydrogens is 785 g/mol. The van der Waals surface area contributed by atoms with Crippen LogP contribution in [0, 0.1) is 17.0 Å². The quantitative estimate of drug-likeness (QED) is 0.0682. The van der Waals surface area contributed by atoms with Crippen molar-refractivity contribution in [1.29, 1.82) is 0 Å². The number of nitrogens with two attached hydrogens (primary N) is 1. The minimum Gasteiger partial charge on any atom is -0.619 e. The predicted molar refractivity (Wildman–Crippen MR) is 205 cm³/mol. The summed E-state index contributed by atoms with van der Waals surface area (Å²) in [6.45, 7) is -0.271. The van der Waals surface area contributed by atoms with Crippen molar-refractivity contribution in [2.75, 3.05) is 31.6 Å². The van der Waals surface area contributed by atoms with Gasteiger partial charge in [0.2, 0.25) is 5.91 Å². The van der Waals surface area contributed by atoms with Gasteiger partial charge >= 0.3 is 18.6 Å². The van der Waals surface area contributed by atoms with E-state index in [1.807, 2.05) is 6.07 Å². The van der Waals surface area contributed by atoms with Gasteiger partial charge < -0.3 is 35.2 Å². The molecule has 3 N–H and O–H groups in total. The Kier molecular flexibility index (Phi) is 12.3. The molecule has 3 saturated heterocycles. The molecule has 0 spiro atoms. The summed E-state index contributed by atoms with van der Waals surface area (Å²) in [4.78, 5) is 42.9. The number of fused-ring (bicyclic) bond motifs is 3. The Balaban J connectivity index is 1.20. The van der Waals surface area contributed by atoms with Crippen LogP contribution in [0.15, 0.2) is 79.1 Å². The van der Waals surface area contributed by atoms with Gasteiger partial charge in [-0.25, -0.2) is 9.59 Å². The van der Waals surface area contributed by atoms with E-state index in [9.17, 15) is 28.4 Å². The molecule has 3 aromatic carbocycles. The van der Waals surface area contributed by atoms with E-state index in [4.69, 9.17) is 47.9 Å². The van der Waals surface area contributed by atoms with E-state index in [0.29, 0.717) is 22.4 Å². The zero-order chi connectivity index (χ0) is 40.2. The van der Waals surface area contributed by atoms with Gasteiger partial charge in [-0.2, -0.15) is 13.5 Å². The van der Waals surface area contributed by atoms with Crippen molar-refractivity contribution in [1.82, 2.24) is 4.90 Å². The lowest BCUT2D eigenvalue weighted by Gasteiger charge is -2.44. The maximum atomic E-state index is 14.1. The van der Waals surface area contributed by atoms with Crippen molar-refractivity contribution in [2.24, 2.45) is 17.6 Å². The summed E-state index contributed by atoms with van der Waals surface area (Å²) < 4.78 is 49.9. The standard InChI is InChI=1S/C41H40Cl2F2N4O8/c42-31-19-49(53)20-32(43)30(31)18-34(26-8-9-33(57-41(44)45)35(17-26)54-22-23-6-7-23)55-39(51)28-14-27(38(46)50)15-29(16-28)47-37(25-4-2-1-3-5-25)40(52)56-36-21-48-12-10-24(36)11-13-48/h1-5,8-9,14-17,19-20,23-24,34,36-37,41,47H,6-7,10-13,18,21-22H2,(H2,46,50)/t34?,36-,37?/m0/s1. The lowest BCUT2D eigenvalue weighted by Crippen LogP contribution is -2.52. The number of carbonyl (C=O) groups is 3. The highest BCUT2D eigenvalue weighted by molar-refractivity contribution is 6.35. The number of amides is 1. The maximum Gasteiger partial charge on any atom is 0.387 e. The molecule has 1 aromatic heterocycles. The smallest absolute Gasteiger partial charge is 0.387 e. The van der Waals surface area contributed by atoms with E-state index in [1.165, 1.54) is 36.4 Å². The van der Waals surface area contributed by atoms with Gasteiger partial charge in [-0.05, 0) is 92.1 Å². The largest absolute Gasteiger partial charge is 0.619 e. The summed E-state index contributed by atoms with van der Waals surface area (Å²) >= 11 is 12.9. The molecule has 12 nitrogen and oxygen atoms in total. The van der Waals surface area contributed by atoms with Crippen LogP contribution in [0.2, 0.25) is 10.0 Å². The van der Waals surface area contributed by atoms with Crippen molar-refractivity contribution in [3.63, 3.8) is 0 Å². The zero-order valence-electron chi connectivity index (χ0n) is 30.6. The highest BCUT2D eigenvalue weighted by Gasteiger charge is 2.38. The van der Waals surface area contributed by atoms with E-state index in [1.54, 1.807) is 24.3 Å². The van der Waals surface area contributed by atoms with Crippen LogP contribution in [0.1, 0.15) is 75.2 Å². The molecule has 4 aliphatic rings. The second-order valence-electron chi connectivity index (χ2n) is 14.5. The van der Waals surface area contributed by atoms with Crippen molar-refractivity contribution >= 4 is 46.7 Å². The molecule has 0 radical (unpaired) electrons. The molecule has 3 aliphatic heterocycles. The van der Waals surface area contributed by atoms with Crippen molar-refractivity contribution < 1.29 is 46.8 Å². The number of esters is 2. The number of anilines is 1. The molecule has 1 saturated carbocycles. The highest BCUT2D eigenvalue weighted by Crippen LogP contribution is 2.39. The normalized spacial score (nSPS) is 19.7. The Morgan fingerprint density at radius 3 is 2.25 bits per heavy atom. The molecule has 300 valence electrons. The van der Waals surface area contributed by atoms with Crippen LogP contribution < -0.4 is 25.3 Å². The molecule has 4 aromatic rings. The molecule has 16 heteroatoms. The first-order valence-corrected chi connectivity index (χ1v) is 19.3. The summed E-state index contributed by atoms with van der Waals surface area (Å²) in [5.74, 6) is -1.98. The van der Waals surface area contributed by atoms with Crippen LogP contribution in [0.4, 0.5) is 14.5 Å². The lowest BCUT2D eigenvalue weighted by molar-refractivity contribution is -0.605. The zero-order valence-corrected chi connectivity index (χ0v) is 32.1. The maximum absolute atomic E-state index is 14.1. The number of nitrogens with zero attached hydrogens (tertiary/aromatic N) is 2. The SMILES string of the molecule is NC(=O)c1cc(NC(C(=O)O[C@H]2CN3CCC2CC3)c2ccccc2)cc(C(=O)OC(Cc2c(Cl)c[n+]([O-])cc2Cl)c2ccc(OC(F)F)c(OCC3CC3)c2)c1. The van der Waals surface area contributed by atoms with Crippen LogP contribution in [0.5, 0.6) is 11.5 Å². The Morgan fingerprint density at radius 1 is 0.912 bits per heavy atom. The number of aromatic nitrogens is 1. The number of nitrogens with one attached hydrogen (secondary N) is 1. The monoisotopic (exact) mass is 824 g/mol. The Morgan fingerprint density at radius 2 is 1.61 bits per heavy atom. The number of rotatable bonds is 16. The van der Waals surface area contributed by atoms with Crippen LogP contribution in [-0.4, -0.2) is 61.7 Å². The first-order valence-electron chi connectivity index (χ1n) is 18.6. The van der Waals surface area contributed by atoms with E-state index >= 15 is 0 Å². The number of hydrogen-bond donors (Lipinski definition) is 2. The minimum atomic E-state index is -3.13. The fourth-order valence-corrected chi connectivity index (χ4v) is 7.78. The van der Waals surface area contributed by atoms with Gasteiger partial charge in [-0.1, -0.05) is 59.6 Å². The highest BCUT2D eigenvalue weighted by atomic mass is 35.5. The number of halogens is 4. The number of pyridine rings is 1. The van der Waals surface area contributed by atoms with Crippen LogP contribution in [-0.2, 0) is 20.7 Å². The summed E-state index contributed by atoms with van der Waals surface area (Å²) in [5.41, 5.74) is 6.90. The molecular formula is C41H40Cl2F2N4O8. The molecule has 57 heavy (non-hydrogen) atoms. The van der Waals surface area contributed by atoms with E-state index in [0.717, 1.165) is 51.2 Å². The number of piperidine rings is 3. The fraction of sp³-hybridized carbons (Fsp3) is 0.366. The molecule has 1 amide bonds. The summed E-state index contributed by atoms with van der Waals surface area (Å²) in [6.07, 6.45) is 4.30. The Labute approximate surface area is 337 Å². The molecule has 1 aliphatic carbocycles.